The fourth-order valence-corrected chi connectivity index (χ4v) is 6.47. The van der Waals surface area contributed by atoms with Crippen LogP contribution in [-0.4, -0.2) is 27.7 Å². The second kappa shape index (κ2) is 4.45. The van der Waals surface area contributed by atoms with Crippen molar-refractivity contribution in [1.29, 1.82) is 0 Å². The van der Waals surface area contributed by atoms with Crippen LogP contribution in [0.3, 0.4) is 0 Å². The summed E-state index contributed by atoms with van der Waals surface area (Å²) in [6.07, 6.45) is 8.48. The van der Waals surface area contributed by atoms with Crippen molar-refractivity contribution in [2.75, 3.05) is 0 Å². The van der Waals surface area contributed by atoms with E-state index in [2.05, 4.69) is 13.8 Å². The Kier molecular flexibility index (Phi) is 3.01. The molecule has 22 heavy (non-hydrogen) atoms. The maximum Gasteiger partial charge on any atom is 0.155 e. The van der Waals surface area contributed by atoms with Gasteiger partial charge in [-0.2, -0.15) is 0 Å². The van der Waals surface area contributed by atoms with Crippen LogP contribution in [0.1, 0.15) is 65.2 Å². The Hall–Kier alpha value is -0.670. The molecule has 3 fully saturated rings. The number of ketones is 1. The van der Waals surface area contributed by atoms with Crippen molar-refractivity contribution < 1.29 is 15.0 Å². The lowest BCUT2D eigenvalue weighted by Gasteiger charge is -2.62. The normalized spacial score (nSPS) is 54.3. The SMILES string of the molecule is C[C@]12CCC(=O)C=C1CC[C@H]1[C@@H]3CCC(O)[C@@]3(C)CC[C@]12O. The molecule has 1 unspecified atom stereocenters. The standard InChI is InChI=1S/C19H28O3/c1-17-9-10-19(22)15(14(17)5-6-16(17)21)4-3-12-11-13(20)7-8-18(12,19)2/h11,14-16,21-22H,3-10H2,1-2H3/t14-,15-,16?,17-,18-,19-/m0/s1. The average Bonchev–Trinajstić information content (AvgIpc) is 2.77. The molecule has 0 heterocycles. The molecule has 2 N–H and O–H groups in total. The number of aliphatic hydroxyl groups excluding tert-OH is 1. The van der Waals surface area contributed by atoms with Gasteiger partial charge in [-0.25, -0.2) is 0 Å². The first kappa shape index (κ1) is 14.9. The molecule has 0 radical (unpaired) electrons. The zero-order valence-corrected chi connectivity index (χ0v) is 13.8. The Morgan fingerprint density at radius 2 is 1.82 bits per heavy atom. The summed E-state index contributed by atoms with van der Waals surface area (Å²) in [6, 6.07) is 0. The molecule has 4 aliphatic carbocycles. The third-order valence-corrected chi connectivity index (χ3v) is 8.10. The minimum Gasteiger partial charge on any atom is -0.393 e. The molecule has 0 amide bonds. The minimum atomic E-state index is -0.688. The third-order valence-electron chi connectivity index (χ3n) is 8.10. The summed E-state index contributed by atoms with van der Waals surface area (Å²) in [4.78, 5) is 11.8. The van der Waals surface area contributed by atoms with Gasteiger partial charge in [0.2, 0.25) is 0 Å². The van der Waals surface area contributed by atoms with Crippen LogP contribution in [0, 0.1) is 22.7 Å². The molecule has 0 aliphatic heterocycles. The molecule has 3 nitrogen and oxygen atoms in total. The van der Waals surface area contributed by atoms with Crippen LogP contribution >= 0.6 is 0 Å². The van der Waals surface area contributed by atoms with Crippen molar-refractivity contribution in [3.8, 4) is 0 Å². The number of rotatable bonds is 0. The zero-order valence-electron chi connectivity index (χ0n) is 13.8. The number of fused-ring (bicyclic) bond motifs is 5. The maximum absolute atomic E-state index is 11.8. The zero-order chi connectivity index (χ0) is 15.8. The van der Waals surface area contributed by atoms with Gasteiger partial charge in [0.15, 0.2) is 5.78 Å². The van der Waals surface area contributed by atoms with Gasteiger partial charge in [0.25, 0.3) is 0 Å². The monoisotopic (exact) mass is 304 g/mol. The number of hydrogen-bond donors (Lipinski definition) is 2. The number of carbonyl (C=O) groups excluding carboxylic acids is 1. The summed E-state index contributed by atoms with van der Waals surface area (Å²) in [7, 11) is 0. The van der Waals surface area contributed by atoms with Gasteiger partial charge < -0.3 is 10.2 Å². The molecule has 4 aliphatic rings. The van der Waals surface area contributed by atoms with E-state index in [-0.39, 0.29) is 28.6 Å². The molecule has 0 saturated heterocycles. The number of hydrogen-bond acceptors (Lipinski definition) is 3. The molecule has 0 aromatic rings. The molecule has 4 rings (SSSR count). The van der Waals surface area contributed by atoms with Crippen LogP contribution in [0.25, 0.3) is 0 Å². The molecule has 6 atom stereocenters. The molecule has 3 saturated carbocycles. The topological polar surface area (TPSA) is 57.5 Å². The van der Waals surface area contributed by atoms with Crippen molar-refractivity contribution in [3.05, 3.63) is 11.6 Å². The van der Waals surface area contributed by atoms with Crippen LogP contribution in [0.5, 0.6) is 0 Å². The van der Waals surface area contributed by atoms with Gasteiger partial charge in [-0.15, -0.1) is 0 Å². The third kappa shape index (κ3) is 1.62. The van der Waals surface area contributed by atoms with Gasteiger partial charge in [0, 0.05) is 11.8 Å². The largest absolute Gasteiger partial charge is 0.393 e. The molecule has 0 bridgehead atoms. The highest BCUT2D eigenvalue weighted by molar-refractivity contribution is 5.91. The van der Waals surface area contributed by atoms with E-state index in [0.717, 1.165) is 44.9 Å². The van der Waals surface area contributed by atoms with E-state index < -0.39 is 5.60 Å². The van der Waals surface area contributed by atoms with Gasteiger partial charge in [-0.1, -0.05) is 19.4 Å². The quantitative estimate of drug-likeness (QED) is 0.723. The van der Waals surface area contributed by atoms with Gasteiger partial charge in [-0.3, -0.25) is 4.79 Å². The fourth-order valence-electron chi connectivity index (χ4n) is 6.47. The van der Waals surface area contributed by atoms with Gasteiger partial charge in [-0.05, 0) is 68.3 Å². The highest BCUT2D eigenvalue weighted by atomic mass is 16.3. The van der Waals surface area contributed by atoms with E-state index >= 15 is 0 Å². The molecule has 0 aromatic carbocycles. The summed E-state index contributed by atoms with van der Waals surface area (Å²) >= 11 is 0. The van der Waals surface area contributed by atoms with E-state index in [1.54, 1.807) is 0 Å². The molecular weight excluding hydrogens is 276 g/mol. The Morgan fingerprint density at radius 3 is 2.59 bits per heavy atom. The van der Waals surface area contributed by atoms with E-state index in [0.29, 0.717) is 12.3 Å². The summed E-state index contributed by atoms with van der Waals surface area (Å²) in [5, 5.41) is 22.2. The second-order valence-corrected chi connectivity index (χ2v) is 8.74. The van der Waals surface area contributed by atoms with Crippen molar-refractivity contribution in [2.45, 2.75) is 76.9 Å². The highest BCUT2D eigenvalue weighted by Gasteiger charge is 2.65. The number of carbonyl (C=O) groups is 1. The summed E-state index contributed by atoms with van der Waals surface area (Å²) < 4.78 is 0. The molecule has 0 aromatic heterocycles. The van der Waals surface area contributed by atoms with Crippen LogP contribution in [0.15, 0.2) is 11.6 Å². The lowest BCUT2D eigenvalue weighted by molar-refractivity contribution is -0.196. The predicted octanol–water partition coefficient (Wildman–Crippen LogP) is 2.99. The van der Waals surface area contributed by atoms with Gasteiger partial charge >= 0.3 is 0 Å². The lowest BCUT2D eigenvalue weighted by Crippen LogP contribution is -2.63. The Balaban J connectivity index is 1.76. The lowest BCUT2D eigenvalue weighted by atomic mass is 9.45. The molecule has 122 valence electrons. The van der Waals surface area contributed by atoms with E-state index in [4.69, 9.17) is 0 Å². The van der Waals surface area contributed by atoms with Gasteiger partial charge in [0.05, 0.1) is 11.7 Å². The Labute approximate surface area is 132 Å². The smallest absolute Gasteiger partial charge is 0.155 e. The Morgan fingerprint density at radius 1 is 1.05 bits per heavy atom. The first-order chi connectivity index (χ1) is 10.3. The van der Waals surface area contributed by atoms with E-state index in [1.807, 2.05) is 6.08 Å². The predicted molar refractivity (Wildman–Crippen MR) is 84.2 cm³/mol. The van der Waals surface area contributed by atoms with Crippen molar-refractivity contribution >= 4 is 5.78 Å². The maximum atomic E-state index is 11.8. The second-order valence-electron chi connectivity index (χ2n) is 8.74. The molecule has 3 heteroatoms. The Bertz CT molecular complexity index is 553. The van der Waals surface area contributed by atoms with Crippen LogP contribution in [-0.2, 0) is 4.79 Å². The van der Waals surface area contributed by atoms with Gasteiger partial charge in [0.1, 0.15) is 0 Å². The van der Waals surface area contributed by atoms with E-state index in [1.165, 1.54) is 5.57 Å². The van der Waals surface area contributed by atoms with Crippen molar-refractivity contribution in [2.24, 2.45) is 22.7 Å². The van der Waals surface area contributed by atoms with Crippen molar-refractivity contribution in [1.82, 2.24) is 0 Å². The molecular formula is C19H28O3. The first-order valence-electron chi connectivity index (χ1n) is 8.96. The van der Waals surface area contributed by atoms with Crippen LogP contribution in [0.4, 0.5) is 0 Å². The average molecular weight is 304 g/mol. The van der Waals surface area contributed by atoms with Crippen LogP contribution in [0.2, 0.25) is 0 Å². The highest BCUT2D eigenvalue weighted by Crippen LogP contribution is 2.66. The van der Waals surface area contributed by atoms with E-state index in [9.17, 15) is 15.0 Å². The summed E-state index contributed by atoms with van der Waals surface area (Å²) in [6.45, 7) is 4.42. The van der Waals surface area contributed by atoms with Crippen molar-refractivity contribution in [3.63, 3.8) is 0 Å². The molecule has 0 spiro atoms. The minimum absolute atomic E-state index is 0.0149. The summed E-state index contributed by atoms with van der Waals surface area (Å²) in [5.41, 5.74) is 0.244. The fraction of sp³-hybridized carbons (Fsp3) is 0.842. The first-order valence-corrected chi connectivity index (χ1v) is 8.96. The summed E-state index contributed by atoms with van der Waals surface area (Å²) in [5.74, 6) is 0.933. The van der Waals surface area contributed by atoms with Crippen LogP contribution < -0.4 is 0 Å². The number of aliphatic hydroxyl groups is 2.